The first-order chi connectivity index (χ1) is 23.7. The van der Waals surface area contributed by atoms with Crippen LogP contribution in [0.3, 0.4) is 0 Å². The quantitative estimate of drug-likeness (QED) is 0.405. The maximum atomic E-state index is 16.3. The molecule has 1 fully saturated rings. The van der Waals surface area contributed by atoms with Gasteiger partial charge in [-0.15, -0.1) is 8.78 Å². The number of alkyl halides is 2. The van der Waals surface area contributed by atoms with Crippen LogP contribution in [0.1, 0.15) is 78.6 Å². The van der Waals surface area contributed by atoms with Crippen LogP contribution in [0, 0.1) is 5.82 Å². The topological polar surface area (TPSA) is 80.9 Å². The van der Waals surface area contributed by atoms with E-state index in [4.69, 9.17) is 21.9 Å². The summed E-state index contributed by atoms with van der Waals surface area (Å²) in [5, 5.41) is 19.7. The van der Waals surface area contributed by atoms with Crippen LogP contribution in [0.4, 0.5) is 13.2 Å². The Morgan fingerprint density at radius 2 is 2.05 bits per heavy atom. The van der Waals surface area contributed by atoms with Gasteiger partial charge in [-0.1, -0.05) is 26.7 Å². The fraction of sp³-hybridized carbons (Fsp3) is 0.464. The molecule has 0 bridgehead atoms. The second-order valence-electron chi connectivity index (χ2n) is 8.75. The van der Waals surface area contributed by atoms with E-state index in [2.05, 4.69) is 9.47 Å². The first-order valence-corrected chi connectivity index (χ1v) is 10.9. The van der Waals surface area contributed by atoms with Crippen LogP contribution in [-0.2, 0) is 28.6 Å². The SMILES string of the molecule is [2H]c1c([2H])c(C2(C(=O)Cc3c(F)c([2H])c4c(c3[2H])c([2H])c(C(C)(CC)C([2H])([2H])[2H])n4C[C@]([2H])(O)C([2H])([2H])O)C([2H])([2H])C2([2H])[2H])c([2H])c2c1OC(F)(F)O2. The van der Waals surface area contributed by atoms with Gasteiger partial charge in [0.1, 0.15) is 11.6 Å². The minimum Gasteiger partial charge on any atom is -0.395 e. The molecule has 1 saturated carbocycles. The standard InChI is InChI=1S/C28H30F3NO5/c1-4-26(2,3)24-10-17-9-16(20(29)13-21(17)32(24)14-19(34)15-33)11-25(35)27(7-8-27)18-5-6-22-23(12-18)37-28(30,31)36-22/h5-6,9-10,12-13,19,33-34H,4,7-8,11,14-15H2,1-3H3/t19-/m0/s1/i2D3,5D,6D,7D2,8D2,9D,10D,12D,13D,15D2,19D/t19-,26?. The molecule has 1 aliphatic heterocycles. The number of carbonyl (C=O) groups is 1. The van der Waals surface area contributed by atoms with Gasteiger partial charge in [0.2, 0.25) is 0 Å². The van der Waals surface area contributed by atoms with Gasteiger partial charge in [0, 0.05) is 32.5 Å². The highest BCUT2D eigenvalue weighted by atomic mass is 19.3. The average molecular weight is 534 g/mol. The number of aliphatic hydroxyl groups is 2. The number of carbonyl (C=O) groups excluding carboxylic acids is 1. The van der Waals surface area contributed by atoms with Crippen molar-refractivity contribution in [2.24, 2.45) is 0 Å². The lowest BCUT2D eigenvalue weighted by Crippen LogP contribution is -2.26. The fourth-order valence-corrected chi connectivity index (χ4v) is 3.89. The van der Waals surface area contributed by atoms with E-state index in [0.717, 1.165) is 6.92 Å². The maximum Gasteiger partial charge on any atom is 0.586 e. The smallest absolute Gasteiger partial charge is 0.395 e. The van der Waals surface area contributed by atoms with Gasteiger partial charge in [-0.05, 0) is 60.5 Å². The number of rotatable bonds is 9. The zero-order chi connectivity index (χ0) is 40.8. The van der Waals surface area contributed by atoms with Crippen molar-refractivity contribution in [3.8, 4) is 11.5 Å². The molecular formula is C28H30F3NO5. The largest absolute Gasteiger partial charge is 0.586 e. The van der Waals surface area contributed by atoms with E-state index in [9.17, 15) is 23.8 Å². The summed E-state index contributed by atoms with van der Waals surface area (Å²) in [5.74, 6) is -5.82. The van der Waals surface area contributed by atoms with Gasteiger partial charge in [0.15, 0.2) is 11.5 Å². The Labute approximate surface area is 235 Å². The highest BCUT2D eigenvalue weighted by molar-refractivity contribution is 5.95. The third-order valence-corrected chi connectivity index (χ3v) is 6.15. The number of Topliss-reactive ketones (excluding diaryl/α,β-unsaturated/α-hetero) is 1. The highest BCUT2D eigenvalue weighted by Gasteiger charge is 2.52. The first kappa shape index (κ1) is 12.7. The molecule has 2 atom stereocenters. The lowest BCUT2D eigenvalue weighted by atomic mass is 9.86. The van der Waals surface area contributed by atoms with E-state index < -0.39 is 149 Å². The molecule has 2 N–H and O–H groups in total. The molecule has 6 nitrogen and oxygen atoms in total. The van der Waals surface area contributed by atoms with E-state index in [-0.39, 0.29) is 6.42 Å². The molecule has 0 radical (unpaired) electrons. The van der Waals surface area contributed by atoms with Gasteiger partial charge in [-0.2, -0.15) is 0 Å². The van der Waals surface area contributed by atoms with Gasteiger partial charge in [-0.3, -0.25) is 4.79 Å². The van der Waals surface area contributed by atoms with Crippen LogP contribution in [0.2, 0.25) is 0 Å². The summed E-state index contributed by atoms with van der Waals surface area (Å²) in [6.07, 6.45) is -16.6. The van der Waals surface area contributed by atoms with Crippen molar-refractivity contribution in [1.82, 2.24) is 4.57 Å². The van der Waals surface area contributed by atoms with Crippen LogP contribution < -0.4 is 9.47 Å². The summed E-state index contributed by atoms with van der Waals surface area (Å²) in [6.45, 7) is -5.70. The second-order valence-corrected chi connectivity index (χ2v) is 8.75. The predicted molar refractivity (Wildman–Crippen MR) is 131 cm³/mol. The Morgan fingerprint density at radius 3 is 2.70 bits per heavy atom. The van der Waals surface area contributed by atoms with Crippen LogP contribution in [0.5, 0.6) is 11.5 Å². The first-order valence-electron chi connectivity index (χ1n) is 18.9. The average Bonchev–Trinajstić information content (AvgIpc) is 3.28. The lowest BCUT2D eigenvalue weighted by molar-refractivity contribution is -0.286. The lowest BCUT2D eigenvalue weighted by Gasteiger charge is -2.26. The van der Waals surface area contributed by atoms with E-state index in [1.54, 1.807) is 0 Å². The van der Waals surface area contributed by atoms with Gasteiger partial charge < -0.3 is 24.3 Å². The third-order valence-electron chi connectivity index (χ3n) is 6.15. The number of fused-ring (bicyclic) bond motifs is 2. The Kier molecular flexibility index (Phi) is 3.00. The third kappa shape index (κ3) is 4.48. The van der Waals surface area contributed by atoms with Crippen molar-refractivity contribution < 1.29 is 59.6 Å². The molecule has 2 heterocycles. The maximum absolute atomic E-state index is 16.3. The van der Waals surface area contributed by atoms with Crippen LogP contribution in [0.15, 0.2) is 36.3 Å². The Bertz CT molecular complexity index is 2080. The van der Waals surface area contributed by atoms with Crippen LogP contribution in [0.25, 0.3) is 10.9 Å². The number of hydrogen-bond acceptors (Lipinski definition) is 5. The molecule has 0 amide bonds. The molecule has 9 heteroatoms. The minimum atomic E-state index is -4.47. The van der Waals surface area contributed by atoms with Crippen molar-refractivity contribution in [3.05, 3.63) is 58.9 Å². The number of ether oxygens (including phenoxy) is 2. The molecule has 0 saturated heterocycles. The molecule has 1 aliphatic carbocycles. The van der Waals surface area contributed by atoms with Gasteiger partial charge >= 0.3 is 6.29 Å². The monoisotopic (exact) mass is 533 g/mol. The molecule has 198 valence electrons. The summed E-state index contributed by atoms with van der Waals surface area (Å²) >= 11 is 0. The molecule has 2 aliphatic rings. The zero-order valence-electron chi connectivity index (χ0n) is 35.3. The molecule has 5 rings (SSSR count). The molecule has 1 aromatic heterocycles. The summed E-state index contributed by atoms with van der Waals surface area (Å²) in [7, 11) is 0. The normalized spacial score (nSPS) is 30.1. The van der Waals surface area contributed by atoms with Crippen LogP contribution >= 0.6 is 0 Å². The van der Waals surface area contributed by atoms with Crippen molar-refractivity contribution in [3.63, 3.8) is 0 Å². The number of benzene rings is 2. The van der Waals surface area contributed by atoms with Crippen molar-refractivity contribution in [2.75, 3.05) is 6.56 Å². The van der Waals surface area contributed by atoms with E-state index in [0.29, 0.717) is 4.57 Å². The minimum absolute atomic E-state index is 0.334. The number of hydrogen-bond donors (Lipinski definition) is 2. The number of ketones is 1. The van der Waals surface area contributed by atoms with Crippen LogP contribution in [-0.4, -0.2) is 39.5 Å². The van der Waals surface area contributed by atoms with E-state index >= 15 is 4.39 Å². The summed E-state index contributed by atoms with van der Waals surface area (Å²) in [4.78, 5) is 14.2. The van der Waals surface area contributed by atoms with Crippen molar-refractivity contribution in [1.29, 1.82) is 0 Å². The molecule has 37 heavy (non-hydrogen) atoms. The Hall–Kier alpha value is -3.04. The van der Waals surface area contributed by atoms with Crippen molar-refractivity contribution >= 4 is 16.7 Å². The summed E-state index contributed by atoms with van der Waals surface area (Å²) in [6, 6.07) is -7.21. The van der Waals surface area contributed by atoms with Crippen molar-refractivity contribution in [2.45, 2.75) is 76.0 Å². The van der Waals surface area contributed by atoms with E-state index in [1.165, 1.54) is 6.92 Å². The fourth-order valence-electron chi connectivity index (χ4n) is 3.89. The number of halogens is 3. The Morgan fingerprint density at radius 1 is 1.32 bits per heavy atom. The second kappa shape index (κ2) is 8.77. The number of nitrogens with zero attached hydrogens (tertiary/aromatic N) is 1. The molecule has 0 spiro atoms. The van der Waals surface area contributed by atoms with Gasteiger partial charge in [-0.25, -0.2) is 4.39 Å². The Balaban J connectivity index is 1.80. The zero-order valence-corrected chi connectivity index (χ0v) is 19.3. The van der Waals surface area contributed by atoms with E-state index in [1.807, 2.05) is 0 Å². The summed E-state index contributed by atoms with van der Waals surface area (Å²) in [5.41, 5.74) is -9.29. The van der Waals surface area contributed by atoms with Gasteiger partial charge in [0.25, 0.3) is 0 Å². The number of aromatic nitrogens is 1. The molecular weight excluding hydrogens is 487 g/mol. The predicted octanol–water partition coefficient (Wildman–Crippen LogP) is 4.99. The highest BCUT2D eigenvalue weighted by Crippen LogP contribution is 2.52. The summed E-state index contributed by atoms with van der Waals surface area (Å²) < 4.78 is 186. The molecule has 3 aromatic rings. The van der Waals surface area contributed by atoms with Gasteiger partial charge in [0.05, 0.1) is 42.5 Å². The molecule has 2 aromatic carbocycles. The molecule has 1 unspecified atom stereocenters.